The van der Waals surface area contributed by atoms with Crippen molar-refractivity contribution in [2.24, 2.45) is 5.41 Å². The first kappa shape index (κ1) is 32.4. The molecule has 1 aliphatic rings. The average Bonchev–Trinajstić information content (AvgIpc) is 2.98. The van der Waals surface area contributed by atoms with E-state index in [0.717, 1.165) is 11.1 Å². The normalized spacial score (nSPS) is 16.6. The number of likely N-dealkylation sites (N-methyl/N-ethyl adjacent to an activating group) is 1. The third kappa shape index (κ3) is 9.22. The number of ether oxygens (including phenoxy) is 1. The van der Waals surface area contributed by atoms with Crippen LogP contribution in [0.2, 0.25) is 0 Å². The van der Waals surface area contributed by atoms with Crippen LogP contribution in [0.25, 0.3) is 0 Å². The number of hydrogen-bond acceptors (Lipinski definition) is 7. The summed E-state index contributed by atoms with van der Waals surface area (Å²) < 4.78 is 5.88. The van der Waals surface area contributed by atoms with Gasteiger partial charge in [-0.15, -0.1) is 0 Å². The van der Waals surface area contributed by atoms with Gasteiger partial charge in [0.2, 0.25) is 17.7 Å². The van der Waals surface area contributed by atoms with E-state index >= 15 is 0 Å². The Morgan fingerprint density at radius 1 is 1.02 bits per heavy atom. The van der Waals surface area contributed by atoms with Crippen LogP contribution in [0.15, 0.2) is 67.3 Å². The van der Waals surface area contributed by atoms with Crippen molar-refractivity contribution in [2.45, 2.75) is 58.8 Å². The lowest BCUT2D eigenvalue weighted by atomic mass is 9.86. The molecule has 2 heterocycles. The van der Waals surface area contributed by atoms with Crippen LogP contribution in [0, 0.1) is 5.41 Å². The highest BCUT2D eigenvalue weighted by molar-refractivity contribution is 5.94. The van der Waals surface area contributed by atoms with Crippen LogP contribution < -0.4 is 16.0 Å². The zero-order chi connectivity index (χ0) is 30.7. The van der Waals surface area contributed by atoms with Crippen molar-refractivity contribution < 1.29 is 23.9 Å². The largest absolute Gasteiger partial charge is 0.374 e. The number of nitrogens with one attached hydrogen (secondary N) is 3. The van der Waals surface area contributed by atoms with Gasteiger partial charge in [0, 0.05) is 31.3 Å². The molecule has 42 heavy (non-hydrogen) atoms. The molecule has 11 heteroatoms. The third-order valence-corrected chi connectivity index (χ3v) is 7.01. The molecule has 11 nitrogen and oxygen atoms in total. The highest BCUT2D eigenvalue weighted by Gasteiger charge is 2.37. The number of rotatable bonds is 13. The first-order chi connectivity index (χ1) is 20.0. The van der Waals surface area contributed by atoms with Crippen molar-refractivity contribution in [2.75, 3.05) is 26.7 Å². The Labute approximate surface area is 247 Å². The maximum Gasteiger partial charge on any atom is 0.252 e. The standard InChI is InChI=1S/C31H42N6O5/c1-22(32-5)28(39)35-27(31(2,3)4)29(40)34-19-26(38)37-17-16-36(15-13-23-12-9-14-33-18-23)30(41)25(37)21-42-20-24-10-7-6-8-11-24/h6-12,14,16-18,22,25,27,32H,13,15,19-21H2,1-5H3,(H,34,40)(H,35,39)/t22-,25-,27+/m0/s1. The van der Waals surface area contributed by atoms with Crippen LogP contribution in [-0.4, -0.2) is 83.3 Å². The van der Waals surface area contributed by atoms with Crippen LogP contribution in [0.3, 0.4) is 0 Å². The van der Waals surface area contributed by atoms with E-state index in [1.165, 1.54) is 4.90 Å². The molecule has 0 saturated heterocycles. The molecule has 0 aliphatic carbocycles. The van der Waals surface area contributed by atoms with Crippen molar-refractivity contribution in [1.29, 1.82) is 0 Å². The SMILES string of the molecule is CN[C@@H](C)C(=O)N[C@H](C(=O)NCC(=O)N1C=CN(CCc2cccnc2)C(=O)[C@@H]1COCc1ccccc1)C(C)(C)C. The van der Waals surface area contributed by atoms with Gasteiger partial charge < -0.3 is 30.5 Å². The number of benzene rings is 1. The summed E-state index contributed by atoms with van der Waals surface area (Å²) in [6.07, 6.45) is 7.16. The molecule has 0 bridgehead atoms. The monoisotopic (exact) mass is 578 g/mol. The van der Waals surface area contributed by atoms with Gasteiger partial charge in [-0.3, -0.25) is 24.2 Å². The second-order valence-corrected chi connectivity index (χ2v) is 11.3. The fraction of sp³-hybridized carbons (Fsp3) is 0.452. The Morgan fingerprint density at radius 2 is 1.74 bits per heavy atom. The van der Waals surface area contributed by atoms with E-state index in [-0.39, 0.29) is 31.6 Å². The van der Waals surface area contributed by atoms with Gasteiger partial charge in [-0.05, 0) is 43.0 Å². The molecule has 3 N–H and O–H groups in total. The topological polar surface area (TPSA) is 133 Å². The van der Waals surface area contributed by atoms with Crippen LogP contribution in [-0.2, 0) is 36.9 Å². The molecule has 3 rings (SSSR count). The highest BCUT2D eigenvalue weighted by atomic mass is 16.5. The quantitative estimate of drug-likeness (QED) is 0.329. The van der Waals surface area contributed by atoms with Crippen LogP contribution in [0.5, 0.6) is 0 Å². The van der Waals surface area contributed by atoms with Crippen LogP contribution in [0.1, 0.15) is 38.8 Å². The lowest BCUT2D eigenvalue weighted by molar-refractivity contribution is -0.146. The summed E-state index contributed by atoms with van der Waals surface area (Å²) in [6, 6.07) is 11.1. The van der Waals surface area contributed by atoms with E-state index in [4.69, 9.17) is 4.74 Å². The molecule has 1 aromatic heterocycles. The van der Waals surface area contributed by atoms with E-state index in [9.17, 15) is 19.2 Å². The Balaban J connectivity index is 1.70. The smallest absolute Gasteiger partial charge is 0.252 e. The number of hydrogen-bond donors (Lipinski definition) is 3. The Bertz CT molecular complexity index is 1230. The fourth-order valence-corrected chi connectivity index (χ4v) is 4.32. The minimum atomic E-state index is -0.911. The van der Waals surface area contributed by atoms with E-state index in [0.29, 0.717) is 13.0 Å². The molecular formula is C31H42N6O5. The molecule has 1 aliphatic heterocycles. The highest BCUT2D eigenvalue weighted by Crippen LogP contribution is 2.20. The number of aromatic nitrogens is 1. The summed E-state index contributed by atoms with van der Waals surface area (Å²) in [7, 11) is 1.66. The van der Waals surface area contributed by atoms with Crippen molar-refractivity contribution in [1.82, 2.24) is 30.7 Å². The molecule has 0 saturated carbocycles. The molecule has 0 spiro atoms. The van der Waals surface area contributed by atoms with E-state index < -0.39 is 35.4 Å². The molecule has 2 aromatic rings. The molecule has 226 valence electrons. The van der Waals surface area contributed by atoms with Gasteiger partial charge in [0.1, 0.15) is 12.1 Å². The second-order valence-electron chi connectivity index (χ2n) is 11.3. The summed E-state index contributed by atoms with van der Waals surface area (Å²) in [5, 5.41) is 8.27. The van der Waals surface area contributed by atoms with Gasteiger partial charge in [0.25, 0.3) is 5.91 Å². The maximum absolute atomic E-state index is 13.5. The Hall–Kier alpha value is -4.09. The average molecular weight is 579 g/mol. The van der Waals surface area contributed by atoms with Gasteiger partial charge in [0.05, 0.1) is 25.8 Å². The third-order valence-electron chi connectivity index (χ3n) is 7.01. The van der Waals surface area contributed by atoms with E-state index in [1.54, 1.807) is 43.7 Å². The minimum Gasteiger partial charge on any atom is -0.374 e. The summed E-state index contributed by atoms with van der Waals surface area (Å²) >= 11 is 0. The van der Waals surface area contributed by atoms with Gasteiger partial charge >= 0.3 is 0 Å². The number of carbonyl (C=O) groups is 4. The minimum absolute atomic E-state index is 0.0241. The van der Waals surface area contributed by atoms with Gasteiger partial charge in [-0.2, -0.15) is 0 Å². The van der Waals surface area contributed by atoms with Gasteiger partial charge in [-0.25, -0.2) is 0 Å². The predicted octanol–water partition coefficient (Wildman–Crippen LogP) is 1.61. The number of carbonyl (C=O) groups excluding carboxylic acids is 4. The van der Waals surface area contributed by atoms with Crippen LogP contribution in [0.4, 0.5) is 0 Å². The molecular weight excluding hydrogens is 536 g/mol. The van der Waals surface area contributed by atoms with Crippen molar-refractivity contribution in [3.63, 3.8) is 0 Å². The second kappa shape index (κ2) is 15.2. The Kier molecular flexibility index (Phi) is 11.8. The Morgan fingerprint density at radius 3 is 2.38 bits per heavy atom. The molecule has 0 fully saturated rings. The summed E-state index contributed by atoms with van der Waals surface area (Å²) in [4.78, 5) is 59.5. The van der Waals surface area contributed by atoms with Crippen molar-refractivity contribution in [3.05, 3.63) is 78.4 Å². The summed E-state index contributed by atoms with van der Waals surface area (Å²) in [6.45, 7) is 7.49. The molecule has 0 unspecified atom stereocenters. The number of pyridine rings is 1. The summed E-state index contributed by atoms with van der Waals surface area (Å²) in [5.74, 6) is -1.58. The van der Waals surface area contributed by atoms with Crippen LogP contribution >= 0.6 is 0 Å². The van der Waals surface area contributed by atoms with Gasteiger partial charge in [0.15, 0.2) is 0 Å². The predicted molar refractivity (Wildman–Crippen MR) is 158 cm³/mol. The molecule has 0 radical (unpaired) electrons. The van der Waals surface area contributed by atoms with Gasteiger partial charge in [-0.1, -0.05) is 57.2 Å². The zero-order valence-corrected chi connectivity index (χ0v) is 25.0. The van der Waals surface area contributed by atoms with Crippen molar-refractivity contribution in [3.8, 4) is 0 Å². The first-order valence-corrected chi connectivity index (χ1v) is 14.1. The van der Waals surface area contributed by atoms with E-state index in [1.807, 2.05) is 63.2 Å². The first-order valence-electron chi connectivity index (χ1n) is 14.1. The fourth-order valence-electron chi connectivity index (χ4n) is 4.32. The van der Waals surface area contributed by atoms with E-state index in [2.05, 4.69) is 20.9 Å². The maximum atomic E-state index is 13.5. The zero-order valence-electron chi connectivity index (χ0n) is 25.0. The lowest BCUT2D eigenvalue weighted by Crippen LogP contribution is -2.58. The number of amides is 4. The van der Waals surface area contributed by atoms with Crippen molar-refractivity contribution >= 4 is 23.6 Å². The molecule has 1 aromatic carbocycles. The summed E-state index contributed by atoms with van der Waals surface area (Å²) in [5.41, 5.74) is 1.32. The lowest BCUT2D eigenvalue weighted by Gasteiger charge is -2.36. The molecule has 4 amide bonds. The number of nitrogens with zero attached hydrogens (tertiary/aromatic N) is 3. The molecule has 3 atom stereocenters.